The number of rotatable bonds is 6. The summed E-state index contributed by atoms with van der Waals surface area (Å²) in [5.41, 5.74) is 0. The van der Waals surface area contributed by atoms with Crippen LogP contribution in [0.3, 0.4) is 0 Å². The van der Waals surface area contributed by atoms with Gasteiger partial charge < -0.3 is 10.1 Å². The second-order valence-electron chi connectivity index (χ2n) is 4.01. The van der Waals surface area contributed by atoms with Gasteiger partial charge in [-0.3, -0.25) is 0 Å². The predicted octanol–water partition coefficient (Wildman–Crippen LogP) is 3.11. The molecule has 0 bridgehead atoms. The van der Waals surface area contributed by atoms with E-state index in [1.807, 2.05) is 0 Å². The zero-order valence-corrected chi connectivity index (χ0v) is 10.6. The lowest BCUT2D eigenvalue weighted by atomic mass is 10.3. The molecule has 0 aliphatic heterocycles. The summed E-state index contributed by atoms with van der Waals surface area (Å²) in [6.45, 7) is 1.49. The van der Waals surface area contributed by atoms with E-state index in [1.54, 1.807) is 12.1 Å². The van der Waals surface area contributed by atoms with E-state index in [0.717, 1.165) is 23.5 Å². The van der Waals surface area contributed by atoms with Crippen molar-refractivity contribution in [3.63, 3.8) is 0 Å². The molecule has 1 aliphatic carbocycles. The van der Waals surface area contributed by atoms with Crippen molar-refractivity contribution in [2.24, 2.45) is 0 Å². The first-order chi connectivity index (χ1) is 7.75. The third kappa shape index (κ3) is 3.76. The Morgan fingerprint density at radius 2 is 2.25 bits per heavy atom. The summed E-state index contributed by atoms with van der Waals surface area (Å²) in [7, 11) is 0. The Bertz CT molecular complexity index is 355. The van der Waals surface area contributed by atoms with Crippen molar-refractivity contribution in [3.8, 4) is 5.75 Å². The van der Waals surface area contributed by atoms with Crippen LogP contribution in [-0.4, -0.2) is 19.2 Å². The smallest absolute Gasteiger partial charge is 0.165 e. The van der Waals surface area contributed by atoms with E-state index in [2.05, 4.69) is 21.2 Å². The average molecular weight is 288 g/mol. The average Bonchev–Trinajstić information content (AvgIpc) is 3.06. The Labute approximate surface area is 103 Å². The predicted molar refractivity (Wildman–Crippen MR) is 65.2 cm³/mol. The van der Waals surface area contributed by atoms with Gasteiger partial charge in [0.15, 0.2) is 11.6 Å². The summed E-state index contributed by atoms with van der Waals surface area (Å²) in [6, 6.07) is 5.45. The molecular weight excluding hydrogens is 273 g/mol. The number of nitrogens with one attached hydrogen (secondary N) is 1. The van der Waals surface area contributed by atoms with Gasteiger partial charge in [0.1, 0.15) is 0 Å². The number of halogens is 2. The highest BCUT2D eigenvalue weighted by atomic mass is 79.9. The van der Waals surface area contributed by atoms with E-state index in [1.165, 1.54) is 18.9 Å². The molecule has 0 atom stereocenters. The summed E-state index contributed by atoms with van der Waals surface area (Å²) in [5.74, 6) is 0.0131. The van der Waals surface area contributed by atoms with E-state index in [4.69, 9.17) is 4.74 Å². The molecule has 1 fully saturated rings. The Kier molecular flexibility index (Phi) is 4.18. The number of hydrogen-bond donors (Lipinski definition) is 1. The van der Waals surface area contributed by atoms with Crippen LogP contribution in [0.2, 0.25) is 0 Å². The molecule has 1 saturated carbocycles. The summed E-state index contributed by atoms with van der Waals surface area (Å²) in [5, 5.41) is 3.39. The molecule has 0 amide bonds. The van der Waals surface area contributed by atoms with Crippen LogP contribution in [-0.2, 0) is 0 Å². The number of ether oxygens (including phenoxy) is 1. The minimum absolute atomic E-state index is 0.307. The third-order valence-corrected chi connectivity index (χ3v) is 2.98. The highest BCUT2D eigenvalue weighted by molar-refractivity contribution is 9.10. The van der Waals surface area contributed by atoms with E-state index in [-0.39, 0.29) is 5.82 Å². The van der Waals surface area contributed by atoms with Gasteiger partial charge in [0, 0.05) is 10.5 Å². The fourth-order valence-corrected chi connectivity index (χ4v) is 1.78. The molecule has 0 saturated heterocycles. The zero-order valence-electron chi connectivity index (χ0n) is 9.01. The molecular formula is C12H15BrFNO. The SMILES string of the molecule is Fc1ccc(Br)cc1OCCCNC1CC1. The summed E-state index contributed by atoms with van der Waals surface area (Å²) in [6.07, 6.45) is 3.49. The first kappa shape index (κ1) is 11.9. The Balaban J connectivity index is 1.69. The van der Waals surface area contributed by atoms with Crippen LogP contribution in [0.4, 0.5) is 4.39 Å². The van der Waals surface area contributed by atoms with Crippen molar-refractivity contribution in [2.45, 2.75) is 25.3 Å². The molecule has 0 unspecified atom stereocenters. The monoisotopic (exact) mass is 287 g/mol. The molecule has 2 nitrogen and oxygen atoms in total. The summed E-state index contributed by atoms with van der Waals surface area (Å²) >= 11 is 3.29. The molecule has 1 aromatic rings. The van der Waals surface area contributed by atoms with Gasteiger partial charge in [0.2, 0.25) is 0 Å². The maximum Gasteiger partial charge on any atom is 0.165 e. The molecule has 1 aliphatic rings. The van der Waals surface area contributed by atoms with Gasteiger partial charge in [0.25, 0.3) is 0 Å². The van der Waals surface area contributed by atoms with Crippen molar-refractivity contribution >= 4 is 15.9 Å². The third-order valence-electron chi connectivity index (χ3n) is 2.48. The summed E-state index contributed by atoms with van der Waals surface area (Å²) < 4.78 is 19.5. The first-order valence-corrected chi connectivity index (χ1v) is 6.36. The lowest BCUT2D eigenvalue weighted by molar-refractivity contribution is 0.293. The van der Waals surface area contributed by atoms with Crippen molar-refractivity contribution in [1.29, 1.82) is 0 Å². The first-order valence-electron chi connectivity index (χ1n) is 5.57. The van der Waals surface area contributed by atoms with Crippen LogP contribution < -0.4 is 10.1 Å². The summed E-state index contributed by atoms with van der Waals surface area (Å²) in [4.78, 5) is 0. The molecule has 4 heteroatoms. The largest absolute Gasteiger partial charge is 0.490 e. The minimum atomic E-state index is -0.307. The normalized spacial score (nSPS) is 15.1. The molecule has 0 radical (unpaired) electrons. The maximum absolute atomic E-state index is 13.3. The highest BCUT2D eigenvalue weighted by Crippen LogP contribution is 2.22. The van der Waals surface area contributed by atoms with Crippen molar-refractivity contribution in [2.75, 3.05) is 13.2 Å². The molecule has 1 N–H and O–H groups in total. The van der Waals surface area contributed by atoms with Crippen LogP contribution in [0.15, 0.2) is 22.7 Å². The van der Waals surface area contributed by atoms with Gasteiger partial charge in [-0.2, -0.15) is 0 Å². The quantitative estimate of drug-likeness (QED) is 0.812. The van der Waals surface area contributed by atoms with Crippen LogP contribution in [0, 0.1) is 5.82 Å². The van der Waals surface area contributed by atoms with E-state index in [9.17, 15) is 4.39 Å². The molecule has 1 aromatic carbocycles. The van der Waals surface area contributed by atoms with E-state index >= 15 is 0 Å². The van der Waals surface area contributed by atoms with Gasteiger partial charge >= 0.3 is 0 Å². The minimum Gasteiger partial charge on any atom is -0.490 e. The standard InChI is InChI=1S/C12H15BrFNO/c13-9-2-5-11(14)12(8-9)16-7-1-6-15-10-3-4-10/h2,5,8,10,15H,1,3-4,6-7H2. The molecule has 2 rings (SSSR count). The van der Waals surface area contributed by atoms with Gasteiger partial charge in [-0.1, -0.05) is 15.9 Å². The van der Waals surface area contributed by atoms with Gasteiger partial charge in [-0.15, -0.1) is 0 Å². The second kappa shape index (κ2) is 5.64. The lowest BCUT2D eigenvalue weighted by Gasteiger charge is -2.07. The van der Waals surface area contributed by atoms with Gasteiger partial charge in [0.05, 0.1) is 6.61 Å². The van der Waals surface area contributed by atoms with Crippen LogP contribution in [0.25, 0.3) is 0 Å². The van der Waals surface area contributed by atoms with Crippen LogP contribution in [0.5, 0.6) is 5.75 Å². The molecule has 0 aromatic heterocycles. The maximum atomic E-state index is 13.3. The highest BCUT2D eigenvalue weighted by Gasteiger charge is 2.19. The fourth-order valence-electron chi connectivity index (χ4n) is 1.44. The number of hydrogen-bond acceptors (Lipinski definition) is 2. The Morgan fingerprint density at radius 3 is 3.00 bits per heavy atom. The second-order valence-corrected chi connectivity index (χ2v) is 4.92. The molecule has 0 spiro atoms. The van der Waals surface area contributed by atoms with Gasteiger partial charge in [-0.05, 0) is 44.0 Å². The topological polar surface area (TPSA) is 21.3 Å². The molecule has 88 valence electrons. The van der Waals surface area contributed by atoms with Crippen molar-refractivity contribution in [1.82, 2.24) is 5.32 Å². The van der Waals surface area contributed by atoms with Crippen LogP contribution in [0.1, 0.15) is 19.3 Å². The molecule has 16 heavy (non-hydrogen) atoms. The van der Waals surface area contributed by atoms with Gasteiger partial charge in [-0.25, -0.2) is 4.39 Å². The Hall–Kier alpha value is -0.610. The Morgan fingerprint density at radius 1 is 1.44 bits per heavy atom. The van der Waals surface area contributed by atoms with Crippen LogP contribution >= 0.6 is 15.9 Å². The van der Waals surface area contributed by atoms with Crippen molar-refractivity contribution in [3.05, 3.63) is 28.5 Å². The zero-order chi connectivity index (χ0) is 11.4. The lowest BCUT2D eigenvalue weighted by Crippen LogP contribution is -2.19. The van der Waals surface area contributed by atoms with E-state index < -0.39 is 0 Å². The number of benzene rings is 1. The molecule has 0 heterocycles. The fraction of sp³-hybridized carbons (Fsp3) is 0.500. The van der Waals surface area contributed by atoms with E-state index in [0.29, 0.717) is 12.4 Å². The van der Waals surface area contributed by atoms with Crippen molar-refractivity contribution < 1.29 is 9.13 Å².